The standard InChI is InChI=1S/C24H30F3N5O5/c25-24(26,27)37-19-5-3-18(4-6-19)35-17-21(33)28-15-22-29-20(16-36-22)23(34)32-13-11-31(12-14-32)10-9-30-7-1-2-8-30/h3-6,16H,1-2,7-15,17H2,(H,28,33). The van der Waals surface area contributed by atoms with Gasteiger partial charge in [-0.15, -0.1) is 13.2 Å². The van der Waals surface area contributed by atoms with Crippen molar-refractivity contribution in [2.75, 3.05) is 59.0 Å². The molecule has 2 aromatic rings. The van der Waals surface area contributed by atoms with Gasteiger partial charge in [-0.05, 0) is 50.2 Å². The van der Waals surface area contributed by atoms with E-state index in [0.717, 1.165) is 38.3 Å². The zero-order valence-corrected chi connectivity index (χ0v) is 20.3. The maximum Gasteiger partial charge on any atom is 0.573 e. The molecule has 202 valence electrons. The summed E-state index contributed by atoms with van der Waals surface area (Å²) < 4.78 is 51.0. The number of nitrogens with zero attached hydrogens (tertiary/aromatic N) is 4. The molecular weight excluding hydrogens is 495 g/mol. The number of halogens is 3. The number of nitrogens with one attached hydrogen (secondary N) is 1. The van der Waals surface area contributed by atoms with Crippen LogP contribution in [0.25, 0.3) is 0 Å². The molecule has 0 atom stereocenters. The molecule has 1 aromatic heterocycles. The van der Waals surface area contributed by atoms with Crippen molar-refractivity contribution in [2.45, 2.75) is 25.7 Å². The van der Waals surface area contributed by atoms with Crippen LogP contribution in [-0.4, -0.2) is 96.8 Å². The van der Waals surface area contributed by atoms with Gasteiger partial charge in [0.2, 0.25) is 5.89 Å². The van der Waals surface area contributed by atoms with Crippen molar-refractivity contribution in [1.29, 1.82) is 0 Å². The third-order valence-corrected chi connectivity index (χ3v) is 6.23. The van der Waals surface area contributed by atoms with Gasteiger partial charge >= 0.3 is 6.36 Å². The highest BCUT2D eigenvalue weighted by atomic mass is 19.4. The van der Waals surface area contributed by atoms with E-state index in [4.69, 9.17) is 9.15 Å². The molecule has 2 aliphatic rings. The number of hydrogen-bond donors (Lipinski definition) is 1. The predicted molar refractivity (Wildman–Crippen MR) is 125 cm³/mol. The number of oxazole rings is 1. The maximum atomic E-state index is 12.8. The lowest BCUT2D eigenvalue weighted by Gasteiger charge is -2.35. The van der Waals surface area contributed by atoms with Crippen LogP contribution >= 0.6 is 0 Å². The molecule has 3 heterocycles. The smallest absolute Gasteiger partial charge is 0.484 e. The van der Waals surface area contributed by atoms with Crippen LogP contribution < -0.4 is 14.8 Å². The van der Waals surface area contributed by atoms with Crippen LogP contribution in [0.3, 0.4) is 0 Å². The van der Waals surface area contributed by atoms with E-state index in [9.17, 15) is 22.8 Å². The van der Waals surface area contributed by atoms with Gasteiger partial charge in [-0.1, -0.05) is 0 Å². The zero-order chi connectivity index (χ0) is 26.3. The molecule has 2 fully saturated rings. The van der Waals surface area contributed by atoms with Crippen LogP contribution in [0.2, 0.25) is 0 Å². The number of hydrogen-bond acceptors (Lipinski definition) is 8. The summed E-state index contributed by atoms with van der Waals surface area (Å²) in [5.74, 6) is -0.717. The highest BCUT2D eigenvalue weighted by Crippen LogP contribution is 2.24. The van der Waals surface area contributed by atoms with Gasteiger partial charge in [0.15, 0.2) is 12.3 Å². The normalized spacial score (nSPS) is 17.1. The number of rotatable bonds is 10. The summed E-state index contributed by atoms with van der Waals surface area (Å²) in [5, 5.41) is 2.56. The van der Waals surface area contributed by atoms with Gasteiger partial charge in [0.1, 0.15) is 17.8 Å². The molecular formula is C24H30F3N5O5. The Morgan fingerprint density at radius 1 is 0.946 bits per heavy atom. The van der Waals surface area contributed by atoms with Crippen LogP contribution in [0.5, 0.6) is 11.5 Å². The SMILES string of the molecule is O=C(COc1ccc(OC(F)(F)F)cc1)NCc1nc(C(=O)N2CCN(CCN3CCCC3)CC2)co1. The molecule has 0 unspecified atom stereocenters. The van der Waals surface area contributed by atoms with Gasteiger partial charge in [0, 0.05) is 39.3 Å². The summed E-state index contributed by atoms with van der Waals surface area (Å²) in [6.45, 7) is 6.91. The number of benzene rings is 1. The number of piperazine rings is 1. The second-order valence-electron chi connectivity index (χ2n) is 8.89. The highest BCUT2D eigenvalue weighted by molar-refractivity contribution is 5.92. The largest absolute Gasteiger partial charge is 0.573 e. The van der Waals surface area contributed by atoms with E-state index >= 15 is 0 Å². The minimum atomic E-state index is -4.78. The van der Waals surface area contributed by atoms with Crippen molar-refractivity contribution in [3.63, 3.8) is 0 Å². The Morgan fingerprint density at radius 2 is 1.57 bits per heavy atom. The van der Waals surface area contributed by atoms with Gasteiger partial charge < -0.3 is 29.0 Å². The van der Waals surface area contributed by atoms with Crippen LogP contribution in [-0.2, 0) is 11.3 Å². The molecule has 2 amide bonds. The quantitative estimate of drug-likeness (QED) is 0.504. The molecule has 0 radical (unpaired) electrons. The molecule has 10 nitrogen and oxygen atoms in total. The monoisotopic (exact) mass is 525 g/mol. The summed E-state index contributed by atoms with van der Waals surface area (Å²) in [6.07, 6.45) is -0.943. The fourth-order valence-electron chi connectivity index (χ4n) is 4.23. The average Bonchev–Trinajstić information content (AvgIpc) is 3.57. The van der Waals surface area contributed by atoms with E-state index in [0.29, 0.717) is 13.1 Å². The molecule has 4 rings (SSSR count). The van der Waals surface area contributed by atoms with Crippen molar-refractivity contribution in [1.82, 2.24) is 25.0 Å². The third kappa shape index (κ3) is 8.35. The number of carbonyl (C=O) groups is 2. The molecule has 1 N–H and O–H groups in total. The van der Waals surface area contributed by atoms with Gasteiger partial charge in [0.25, 0.3) is 11.8 Å². The first kappa shape index (κ1) is 26.7. The van der Waals surface area contributed by atoms with E-state index in [1.807, 2.05) is 0 Å². The Labute approximate surface area is 212 Å². The zero-order valence-electron chi connectivity index (χ0n) is 20.3. The van der Waals surface area contributed by atoms with Crippen molar-refractivity contribution in [3.8, 4) is 11.5 Å². The van der Waals surface area contributed by atoms with Gasteiger partial charge in [-0.2, -0.15) is 0 Å². The van der Waals surface area contributed by atoms with Crippen LogP contribution in [0.15, 0.2) is 34.9 Å². The Hall–Kier alpha value is -3.32. The molecule has 0 aliphatic carbocycles. The molecule has 0 spiro atoms. The molecule has 0 saturated carbocycles. The average molecular weight is 526 g/mol. The molecule has 2 aliphatic heterocycles. The summed E-state index contributed by atoms with van der Waals surface area (Å²) in [5.41, 5.74) is 0.187. The Kier molecular flexibility index (Phi) is 8.87. The van der Waals surface area contributed by atoms with E-state index in [1.54, 1.807) is 4.90 Å². The fourth-order valence-corrected chi connectivity index (χ4v) is 4.23. The number of carbonyl (C=O) groups excluding carboxylic acids is 2. The van der Waals surface area contributed by atoms with Crippen LogP contribution in [0, 0.1) is 0 Å². The number of likely N-dealkylation sites (tertiary alicyclic amines) is 1. The predicted octanol–water partition coefficient (Wildman–Crippen LogP) is 2.12. The Morgan fingerprint density at radius 3 is 2.22 bits per heavy atom. The molecule has 2 saturated heterocycles. The third-order valence-electron chi connectivity index (χ3n) is 6.23. The number of ether oxygens (including phenoxy) is 2. The second-order valence-corrected chi connectivity index (χ2v) is 8.89. The topological polar surface area (TPSA) is 100 Å². The van der Waals surface area contributed by atoms with E-state index in [-0.39, 0.29) is 36.4 Å². The highest BCUT2D eigenvalue weighted by Gasteiger charge is 2.31. The maximum absolute atomic E-state index is 12.8. The lowest BCUT2D eigenvalue weighted by molar-refractivity contribution is -0.274. The molecule has 13 heteroatoms. The number of amides is 2. The summed E-state index contributed by atoms with van der Waals surface area (Å²) in [4.78, 5) is 35.6. The Balaban J connectivity index is 1.14. The van der Waals surface area contributed by atoms with E-state index < -0.39 is 18.0 Å². The first-order valence-corrected chi connectivity index (χ1v) is 12.2. The summed E-state index contributed by atoms with van der Waals surface area (Å²) in [7, 11) is 0. The molecule has 0 bridgehead atoms. The summed E-state index contributed by atoms with van der Waals surface area (Å²) in [6, 6.07) is 4.68. The van der Waals surface area contributed by atoms with Crippen molar-refractivity contribution >= 4 is 11.8 Å². The minimum Gasteiger partial charge on any atom is -0.484 e. The summed E-state index contributed by atoms with van der Waals surface area (Å²) >= 11 is 0. The fraction of sp³-hybridized carbons (Fsp3) is 0.542. The number of aromatic nitrogens is 1. The lowest BCUT2D eigenvalue weighted by atomic mass is 10.3. The minimum absolute atomic E-state index is 0.0435. The lowest BCUT2D eigenvalue weighted by Crippen LogP contribution is -2.50. The van der Waals surface area contributed by atoms with Gasteiger partial charge in [-0.25, -0.2) is 4.98 Å². The van der Waals surface area contributed by atoms with Gasteiger partial charge in [0.05, 0.1) is 6.54 Å². The van der Waals surface area contributed by atoms with Crippen molar-refractivity contribution in [3.05, 3.63) is 42.1 Å². The Bertz CT molecular complexity index is 1030. The van der Waals surface area contributed by atoms with E-state index in [1.165, 1.54) is 44.3 Å². The van der Waals surface area contributed by atoms with Crippen molar-refractivity contribution < 1.29 is 36.7 Å². The van der Waals surface area contributed by atoms with Crippen LogP contribution in [0.1, 0.15) is 29.2 Å². The first-order chi connectivity index (χ1) is 17.7. The van der Waals surface area contributed by atoms with Crippen LogP contribution in [0.4, 0.5) is 13.2 Å². The molecule has 1 aromatic carbocycles. The second kappa shape index (κ2) is 12.3. The van der Waals surface area contributed by atoms with Crippen molar-refractivity contribution in [2.24, 2.45) is 0 Å². The number of alkyl halides is 3. The van der Waals surface area contributed by atoms with Gasteiger partial charge in [-0.3, -0.25) is 14.5 Å². The van der Waals surface area contributed by atoms with E-state index in [2.05, 4.69) is 24.8 Å². The first-order valence-electron chi connectivity index (χ1n) is 12.2. The molecule has 37 heavy (non-hydrogen) atoms.